The van der Waals surface area contributed by atoms with Crippen LogP contribution in [0, 0.1) is 0 Å². The molecule has 0 radical (unpaired) electrons. The topological polar surface area (TPSA) is 26.0 Å². The summed E-state index contributed by atoms with van der Waals surface area (Å²) in [6.07, 6.45) is 6.28. The lowest BCUT2D eigenvalue weighted by molar-refractivity contribution is 0.412. The van der Waals surface area contributed by atoms with Crippen LogP contribution in [0.3, 0.4) is 0 Å². The smallest absolute Gasteiger partial charge is 0.0408 e. The van der Waals surface area contributed by atoms with E-state index in [1.165, 1.54) is 31.2 Å². The van der Waals surface area contributed by atoms with Gasteiger partial charge in [-0.2, -0.15) is 0 Å². The zero-order chi connectivity index (χ0) is 10.7. The molecule has 1 aromatic rings. The number of hydrogen-bond acceptors (Lipinski definition) is 1. The number of rotatable bonds is 3. The van der Waals surface area contributed by atoms with E-state index in [-0.39, 0.29) is 0 Å². The van der Waals surface area contributed by atoms with Crippen LogP contribution in [0.15, 0.2) is 24.3 Å². The Hall–Kier alpha value is -0.530. The Labute approximate surface area is 96.6 Å². The summed E-state index contributed by atoms with van der Waals surface area (Å²) in [5.74, 6) is 0. The Balaban J connectivity index is 2.31. The first-order valence-electron chi connectivity index (χ1n) is 5.73. The maximum atomic E-state index is 6.05. The van der Waals surface area contributed by atoms with Crippen molar-refractivity contribution in [3.8, 4) is 0 Å². The molecule has 0 aromatic heterocycles. The van der Waals surface area contributed by atoms with Crippen LogP contribution in [-0.2, 0) is 5.41 Å². The molecule has 15 heavy (non-hydrogen) atoms. The highest BCUT2D eigenvalue weighted by molar-refractivity contribution is 6.30. The van der Waals surface area contributed by atoms with E-state index < -0.39 is 0 Å². The zero-order valence-electron chi connectivity index (χ0n) is 9.01. The molecule has 0 bridgehead atoms. The van der Waals surface area contributed by atoms with Crippen molar-refractivity contribution in [1.29, 1.82) is 0 Å². The molecule has 1 aliphatic carbocycles. The molecular formula is C13H18ClN. The second-order valence-electron chi connectivity index (χ2n) is 4.54. The average molecular weight is 224 g/mol. The van der Waals surface area contributed by atoms with E-state index in [1.54, 1.807) is 0 Å². The lowest BCUT2D eigenvalue weighted by atomic mass is 9.76. The molecule has 0 spiro atoms. The normalized spacial score (nSPS) is 19.3. The van der Waals surface area contributed by atoms with Gasteiger partial charge in [0.15, 0.2) is 0 Å². The second kappa shape index (κ2) is 4.54. The molecule has 1 aliphatic rings. The molecule has 0 heterocycles. The number of benzene rings is 1. The van der Waals surface area contributed by atoms with Gasteiger partial charge in [0, 0.05) is 5.02 Å². The molecule has 2 heteroatoms. The van der Waals surface area contributed by atoms with Gasteiger partial charge in [0.1, 0.15) is 0 Å². The fourth-order valence-electron chi connectivity index (χ4n) is 2.83. The summed E-state index contributed by atoms with van der Waals surface area (Å²) in [6, 6.07) is 8.31. The Kier molecular flexibility index (Phi) is 3.32. The van der Waals surface area contributed by atoms with Crippen molar-refractivity contribution in [3.63, 3.8) is 0 Å². The Bertz CT molecular complexity index is 329. The van der Waals surface area contributed by atoms with Gasteiger partial charge in [0.25, 0.3) is 0 Å². The Morgan fingerprint density at radius 3 is 2.60 bits per heavy atom. The summed E-state index contributed by atoms with van der Waals surface area (Å²) in [7, 11) is 0. The number of nitrogens with two attached hydrogens (primary N) is 1. The van der Waals surface area contributed by atoms with Crippen molar-refractivity contribution >= 4 is 11.6 Å². The third kappa shape index (κ3) is 2.19. The first-order valence-corrected chi connectivity index (χ1v) is 6.11. The fourth-order valence-corrected chi connectivity index (χ4v) is 3.02. The van der Waals surface area contributed by atoms with Crippen LogP contribution in [0.4, 0.5) is 0 Å². The van der Waals surface area contributed by atoms with Crippen LogP contribution in [0.1, 0.15) is 37.7 Å². The maximum Gasteiger partial charge on any atom is 0.0408 e. The summed E-state index contributed by atoms with van der Waals surface area (Å²) in [4.78, 5) is 0. The number of halogens is 1. The van der Waals surface area contributed by atoms with Gasteiger partial charge < -0.3 is 5.73 Å². The largest absolute Gasteiger partial charge is 0.330 e. The summed E-state index contributed by atoms with van der Waals surface area (Å²) in [6.45, 7) is 0.770. The van der Waals surface area contributed by atoms with Gasteiger partial charge >= 0.3 is 0 Å². The third-order valence-corrected chi connectivity index (χ3v) is 3.86. The first-order chi connectivity index (χ1) is 7.27. The van der Waals surface area contributed by atoms with Gasteiger partial charge in [-0.3, -0.25) is 0 Å². The van der Waals surface area contributed by atoms with E-state index in [1.807, 2.05) is 12.1 Å². The van der Waals surface area contributed by atoms with Crippen molar-refractivity contribution < 1.29 is 0 Å². The predicted octanol–water partition coefficient (Wildman–Crippen LogP) is 3.50. The van der Waals surface area contributed by atoms with Gasteiger partial charge in [-0.15, -0.1) is 0 Å². The summed E-state index contributed by atoms with van der Waals surface area (Å²) in [5, 5.41) is 0.843. The average Bonchev–Trinajstić information content (AvgIpc) is 2.68. The molecule has 0 unspecified atom stereocenters. The molecule has 1 nitrogen and oxygen atoms in total. The minimum absolute atomic E-state index is 0.319. The quantitative estimate of drug-likeness (QED) is 0.834. The first kappa shape index (κ1) is 11.0. The predicted molar refractivity (Wildman–Crippen MR) is 65.3 cm³/mol. The monoisotopic (exact) mass is 223 g/mol. The van der Waals surface area contributed by atoms with Gasteiger partial charge in [0.2, 0.25) is 0 Å². The van der Waals surface area contributed by atoms with Crippen LogP contribution < -0.4 is 5.73 Å². The van der Waals surface area contributed by atoms with Crippen LogP contribution in [-0.4, -0.2) is 6.54 Å². The summed E-state index contributed by atoms with van der Waals surface area (Å²) in [5.41, 5.74) is 7.44. The van der Waals surface area contributed by atoms with Gasteiger partial charge in [-0.1, -0.05) is 36.6 Å². The molecular weight excluding hydrogens is 206 g/mol. The molecule has 1 fully saturated rings. The zero-order valence-corrected chi connectivity index (χ0v) is 9.76. The van der Waals surface area contributed by atoms with E-state index in [0.29, 0.717) is 5.41 Å². The highest BCUT2D eigenvalue weighted by Crippen LogP contribution is 2.43. The minimum atomic E-state index is 0.319. The van der Waals surface area contributed by atoms with E-state index in [9.17, 15) is 0 Å². The van der Waals surface area contributed by atoms with Crippen LogP contribution >= 0.6 is 11.6 Å². The van der Waals surface area contributed by atoms with E-state index in [0.717, 1.165) is 18.0 Å². The highest BCUT2D eigenvalue weighted by atomic mass is 35.5. The van der Waals surface area contributed by atoms with Crippen LogP contribution in [0.2, 0.25) is 5.02 Å². The van der Waals surface area contributed by atoms with Gasteiger partial charge in [0.05, 0.1) is 0 Å². The maximum absolute atomic E-state index is 6.05. The summed E-state index contributed by atoms with van der Waals surface area (Å²) >= 11 is 6.05. The lowest BCUT2D eigenvalue weighted by Gasteiger charge is -2.29. The van der Waals surface area contributed by atoms with Gasteiger partial charge in [-0.25, -0.2) is 0 Å². The number of hydrogen-bond donors (Lipinski definition) is 1. The van der Waals surface area contributed by atoms with Crippen molar-refractivity contribution in [2.24, 2.45) is 5.73 Å². The van der Waals surface area contributed by atoms with Crippen molar-refractivity contribution in [1.82, 2.24) is 0 Å². The van der Waals surface area contributed by atoms with Crippen molar-refractivity contribution in [2.75, 3.05) is 6.54 Å². The van der Waals surface area contributed by atoms with E-state index in [4.69, 9.17) is 17.3 Å². The molecule has 82 valence electrons. The SMILES string of the molecule is NCCC1(c2cccc(Cl)c2)CCCC1. The molecule has 0 atom stereocenters. The van der Waals surface area contributed by atoms with E-state index >= 15 is 0 Å². The van der Waals surface area contributed by atoms with Crippen LogP contribution in [0.5, 0.6) is 0 Å². The second-order valence-corrected chi connectivity index (χ2v) is 4.97. The molecule has 0 aliphatic heterocycles. The molecule has 2 N–H and O–H groups in total. The highest BCUT2D eigenvalue weighted by Gasteiger charge is 2.34. The molecule has 1 aromatic carbocycles. The molecule has 0 amide bonds. The standard InChI is InChI=1S/C13H18ClN/c14-12-5-3-4-11(10-12)13(8-9-15)6-1-2-7-13/h3-5,10H,1-2,6-9,15H2. The molecule has 2 rings (SSSR count). The lowest BCUT2D eigenvalue weighted by Crippen LogP contribution is -2.25. The van der Waals surface area contributed by atoms with E-state index in [2.05, 4.69) is 12.1 Å². The molecule has 0 saturated heterocycles. The van der Waals surface area contributed by atoms with Crippen molar-refractivity contribution in [3.05, 3.63) is 34.9 Å². The molecule has 1 saturated carbocycles. The Morgan fingerprint density at radius 2 is 2.00 bits per heavy atom. The van der Waals surface area contributed by atoms with Crippen molar-refractivity contribution in [2.45, 2.75) is 37.5 Å². The third-order valence-electron chi connectivity index (χ3n) is 3.62. The summed E-state index contributed by atoms with van der Waals surface area (Å²) < 4.78 is 0. The van der Waals surface area contributed by atoms with Gasteiger partial charge in [-0.05, 0) is 48.9 Å². The Morgan fingerprint density at radius 1 is 1.27 bits per heavy atom. The van der Waals surface area contributed by atoms with Crippen LogP contribution in [0.25, 0.3) is 0 Å². The fraction of sp³-hybridized carbons (Fsp3) is 0.538. The minimum Gasteiger partial charge on any atom is -0.330 e.